The van der Waals surface area contributed by atoms with Crippen LogP contribution in [0.1, 0.15) is 27.5 Å². The number of nitrogens with one attached hydrogen (secondary N) is 2. The fourth-order valence-corrected chi connectivity index (χ4v) is 2.10. The first-order chi connectivity index (χ1) is 12.0. The zero-order valence-electron chi connectivity index (χ0n) is 13.6. The molecule has 3 aromatic rings. The third-order valence-electron chi connectivity index (χ3n) is 3.23. The van der Waals surface area contributed by atoms with Crippen LogP contribution in [-0.4, -0.2) is 21.0 Å². The summed E-state index contributed by atoms with van der Waals surface area (Å²) in [7, 11) is 0. The standard InChI is InChI=1S/C17H14N6O2/c1-10-7-14(16(24)20-13-5-3-12(9-18)4-6-13)21-17(19-10)22-15-8-11(2)25-23-15/h3-8H,1-2H3,(H,20,24)(H,19,21,22,23). The number of hydrogen-bond acceptors (Lipinski definition) is 7. The second-order valence-corrected chi connectivity index (χ2v) is 5.31. The van der Waals surface area contributed by atoms with Gasteiger partial charge in [-0.1, -0.05) is 5.16 Å². The van der Waals surface area contributed by atoms with Crippen LogP contribution < -0.4 is 10.6 Å². The van der Waals surface area contributed by atoms with Crippen LogP contribution in [0.15, 0.2) is 40.9 Å². The molecule has 3 rings (SSSR count). The van der Waals surface area contributed by atoms with Crippen molar-refractivity contribution < 1.29 is 9.32 Å². The second-order valence-electron chi connectivity index (χ2n) is 5.31. The molecule has 0 aliphatic carbocycles. The van der Waals surface area contributed by atoms with Crippen molar-refractivity contribution in [1.29, 1.82) is 5.26 Å². The molecule has 1 amide bonds. The third kappa shape index (κ3) is 3.97. The molecule has 2 N–H and O–H groups in total. The van der Waals surface area contributed by atoms with Crippen molar-refractivity contribution in [2.45, 2.75) is 13.8 Å². The highest BCUT2D eigenvalue weighted by atomic mass is 16.5. The zero-order chi connectivity index (χ0) is 17.8. The predicted molar refractivity (Wildman–Crippen MR) is 90.4 cm³/mol. The first-order valence-corrected chi connectivity index (χ1v) is 7.41. The Balaban J connectivity index is 1.78. The van der Waals surface area contributed by atoms with Crippen molar-refractivity contribution in [3.05, 3.63) is 59.1 Å². The van der Waals surface area contributed by atoms with Gasteiger partial charge in [-0.3, -0.25) is 4.79 Å². The molecule has 8 nitrogen and oxygen atoms in total. The Morgan fingerprint density at radius 1 is 1.16 bits per heavy atom. The number of nitrogens with zero attached hydrogens (tertiary/aromatic N) is 4. The van der Waals surface area contributed by atoms with E-state index in [4.69, 9.17) is 9.78 Å². The summed E-state index contributed by atoms with van der Waals surface area (Å²) < 4.78 is 4.97. The summed E-state index contributed by atoms with van der Waals surface area (Å²) in [6, 6.07) is 11.9. The lowest BCUT2D eigenvalue weighted by Crippen LogP contribution is -2.15. The molecule has 0 unspecified atom stereocenters. The summed E-state index contributed by atoms with van der Waals surface area (Å²) in [5, 5.41) is 18.2. The Morgan fingerprint density at radius 3 is 2.56 bits per heavy atom. The number of rotatable bonds is 4. The Bertz CT molecular complexity index is 956. The van der Waals surface area contributed by atoms with E-state index in [1.54, 1.807) is 50.2 Å². The maximum atomic E-state index is 12.4. The van der Waals surface area contributed by atoms with Gasteiger partial charge >= 0.3 is 0 Å². The van der Waals surface area contributed by atoms with Crippen molar-refractivity contribution in [1.82, 2.24) is 15.1 Å². The number of nitriles is 1. The monoisotopic (exact) mass is 334 g/mol. The average Bonchev–Trinajstić information content (AvgIpc) is 3.00. The molecule has 0 fully saturated rings. The molecule has 8 heteroatoms. The van der Waals surface area contributed by atoms with Crippen LogP contribution in [0.2, 0.25) is 0 Å². The van der Waals surface area contributed by atoms with Gasteiger partial charge in [-0.15, -0.1) is 0 Å². The molecule has 0 bridgehead atoms. The van der Waals surface area contributed by atoms with Gasteiger partial charge < -0.3 is 15.2 Å². The first-order valence-electron chi connectivity index (χ1n) is 7.41. The van der Waals surface area contributed by atoms with E-state index in [9.17, 15) is 4.79 Å². The summed E-state index contributed by atoms with van der Waals surface area (Å²) >= 11 is 0. The molecule has 2 aromatic heterocycles. The van der Waals surface area contributed by atoms with Crippen LogP contribution in [0, 0.1) is 25.2 Å². The first kappa shape index (κ1) is 16.1. The molecule has 1 aromatic carbocycles. The largest absolute Gasteiger partial charge is 0.360 e. The average molecular weight is 334 g/mol. The second kappa shape index (κ2) is 6.80. The highest BCUT2D eigenvalue weighted by molar-refractivity contribution is 6.03. The van der Waals surface area contributed by atoms with Crippen LogP contribution in [0.5, 0.6) is 0 Å². The highest BCUT2D eigenvalue weighted by Crippen LogP contribution is 2.15. The minimum atomic E-state index is -0.380. The number of carbonyl (C=O) groups excluding carboxylic acids is 1. The van der Waals surface area contributed by atoms with E-state index < -0.39 is 0 Å². The van der Waals surface area contributed by atoms with E-state index in [0.29, 0.717) is 28.5 Å². The normalized spacial score (nSPS) is 10.1. The number of benzene rings is 1. The molecule has 0 saturated carbocycles. The Hall–Kier alpha value is -3.73. The van der Waals surface area contributed by atoms with Crippen molar-refractivity contribution in [2.24, 2.45) is 0 Å². The summed E-state index contributed by atoms with van der Waals surface area (Å²) in [6.45, 7) is 3.53. The van der Waals surface area contributed by atoms with Crippen molar-refractivity contribution >= 4 is 23.4 Å². The van der Waals surface area contributed by atoms with Crippen molar-refractivity contribution in [3.8, 4) is 6.07 Å². The molecular weight excluding hydrogens is 320 g/mol. The smallest absolute Gasteiger partial charge is 0.274 e. The van der Waals surface area contributed by atoms with E-state index >= 15 is 0 Å². The van der Waals surface area contributed by atoms with Crippen LogP contribution in [0.3, 0.4) is 0 Å². The van der Waals surface area contributed by atoms with Gasteiger partial charge in [0.1, 0.15) is 11.5 Å². The minimum absolute atomic E-state index is 0.208. The van der Waals surface area contributed by atoms with E-state index in [-0.39, 0.29) is 17.5 Å². The molecule has 0 aliphatic heterocycles. The van der Waals surface area contributed by atoms with Crippen LogP contribution >= 0.6 is 0 Å². The lowest BCUT2D eigenvalue weighted by atomic mass is 10.2. The zero-order valence-corrected chi connectivity index (χ0v) is 13.6. The minimum Gasteiger partial charge on any atom is -0.360 e. The number of anilines is 3. The molecule has 0 saturated heterocycles. The maximum absolute atomic E-state index is 12.4. The molecule has 0 aliphatic rings. The lowest BCUT2D eigenvalue weighted by Gasteiger charge is -2.07. The topological polar surface area (TPSA) is 117 Å². The number of aryl methyl sites for hydroxylation is 2. The van der Waals surface area contributed by atoms with E-state index in [0.717, 1.165) is 0 Å². The maximum Gasteiger partial charge on any atom is 0.274 e. The predicted octanol–water partition coefficient (Wildman–Crippen LogP) is 2.95. The quantitative estimate of drug-likeness (QED) is 0.753. The third-order valence-corrected chi connectivity index (χ3v) is 3.23. The van der Waals surface area contributed by atoms with Crippen molar-refractivity contribution in [3.63, 3.8) is 0 Å². The lowest BCUT2D eigenvalue weighted by molar-refractivity contribution is 0.102. The molecule has 0 spiro atoms. The summed E-state index contributed by atoms with van der Waals surface area (Å²) in [5.41, 5.74) is 1.93. The van der Waals surface area contributed by atoms with Gasteiger partial charge in [0.2, 0.25) is 5.95 Å². The molecular formula is C17H14N6O2. The van der Waals surface area contributed by atoms with Gasteiger partial charge in [-0.25, -0.2) is 9.97 Å². The van der Waals surface area contributed by atoms with Crippen LogP contribution in [0.25, 0.3) is 0 Å². The van der Waals surface area contributed by atoms with Crippen LogP contribution in [-0.2, 0) is 0 Å². The van der Waals surface area contributed by atoms with Gasteiger partial charge in [-0.2, -0.15) is 5.26 Å². The van der Waals surface area contributed by atoms with E-state index in [1.807, 2.05) is 6.07 Å². The summed E-state index contributed by atoms with van der Waals surface area (Å²) in [6.07, 6.45) is 0. The fourth-order valence-electron chi connectivity index (χ4n) is 2.10. The number of aromatic nitrogens is 3. The molecule has 0 radical (unpaired) electrons. The summed E-state index contributed by atoms with van der Waals surface area (Å²) in [4.78, 5) is 20.8. The summed E-state index contributed by atoms with van der Waals surface area (Å²) in [5.74, 6) is 0.975. The highest BCUT2D eigenvalue weighted by Gasteiger charge is 2.12. The van der Waals surface area contributed by atoms with E-state index in [1.165, 1.54) is 0 Å². The Morgan fingerprint density at radius 2 is 1.92 bits per heavy atom. The molecule has 25 heavy (non-hydrogen) atoms. The number of carbonyl (C=O) groups is 1. The number of amides is 1. The molecule has 124 valence electrons. The van der Waals surface area contributed by atoms with Crippen LogP contribution in [0.4, 0.5) is 17.5 Å². The van der Waals surface area contributed by atoms with E-state index in [2.05, 4.69) is 25.8 Å². The Labute approximate surface area is 143 Å². The molecule has 2 heterocycles. The van der Waals surface area contributed by atoms with Gasteiger partial charge in [0, 0.05) is 17.4 Å². The van der Waals surface area contributed by atoms with Gasteiger partial charge in [0.15, 0.2) is 5.82 Å². The number of hydrogen-bond donors (Lipinski definition) is 2. The SMILES string of the molecule is Cc1cc(C(=O)Nc2ccc(C#N)cc2)nc(Nc2cc(C)on2)n1. The molecule has 0 atom stereocenters. The Kier molecular flexibility index (Phi) is 4.39. The fraction of sp³-hybridized carbons (Fsp3) is 0.118. The van der Waals surface area contributed by atoms with Crippen molar-refractivity contribution in [2.75, 3.05) is 10.6 Å². The van der Waals surface area contributed by atoms with Gasteiger partial charge in [0.05, 0.1) is 11.6 Å². The van der Waals surface area contributed by atoms with Gasteiger partial charge in [0.25, 0.3) is 5.91 Å². The van der Waals surface area contributed by atoms with Gasteiger partial charge in [-0.05, 0) is 44.2 Å².